The summed E-state index contributed by atoms with van der Waals surface area (Å²) in [4.78, 5) is 32.5. The molecule has 3 aromatic rings. The van der Waals surface area contributed by atoms with E-state index in [1.807, 2.05) is 20.8 Å². The second-order valence-corrected chi connectivity index (χ2v) is 8.25. The minimum absolute atomic E-state index is 0.115. The van der Waals surface area contributed by atoms with Gasteiger partial charge >= 0.3 is 5.97 Å². The first-order valence-corrected chi connectivity index (χ1v) is 10.3. The molecule has 0 amide bonds. The van der Waals surface area contributed by atoms with Crippen LogP contribution in [-0.4, -0.2) is 27.3 Å². The Hall–Kier alpha value is -2.48. The second-order valence-electron chi connectivity index (χ2n) is 7.17. The summed E-state index contributed by atoms with van der Waals surface area (Å²) in [5, 5.41) is 4.54. The number of rotatable bonds is 4. The van der Waals surface area contributed by atoms with E-state index in [2.05, 4.69) is 5.16 Å². The maximum absolute atomic E-state index is 13.5. The molecule has 0 radical (unpaired) electrons. The summed E-state index contributed by atoms with van der Waals surface area (Å²) in [5.41, 5.74) is 2.36. The zero-order valence-electron chi connectivity index (χ0n) is 16.5. The van der Waals surface area contributed by atoms with Crippen LogP contribution >= 0.6 is 11.3 Å². The van der Waals surface area contributed by atoms with Crippen LogP contribution in [0.1, 0.15) is 59.0 Å². The van der Waals surface area contributed by atoms with Gasteiger partial charge in [-0.25, -0.2) is 4.98 Å². The number of ether oxygens (including phenoxy) is 1. The molecule has 3 aromatic heterocycles. The molecule has 0 spiro atoms. The Morgan fingerprint density at radius 1 is 1.36 bits per heavy atom. The molecule has 0 saturated heterocycles. The molecule has 3 heterocycles. The van der Waals surface area contributed by atoms with Gasteiger partial charge in [0.15, 0.2) is 0 Å². The van der Waals surface area contributed by atoms with E-state index in [-0.39, 0.29) is 17.4 Å². The second kappa shape index (κ2) is 7.16. The molecule has 0 fully saturated rings. The Labute approximate surface area is 166 Å². The highest BCUT2D eigenvalue weighted by atomic mass is 32.1. The molecule has 0 aromatic carbocycles. The van der Waals surface area contributed by atoms with E-state index < -0.39 is 0 Å². The van der Waals surface area contributed by atoms with Gasteiger partial charge in [-0.05, 0) is 52.5 Å². The van der Waals surface area contributed by atoms with Gasteiger partial charge in [-0.3, -0.25) is 14.2 Å². The van der Waals surface area contributed by atoms with E-state index in [9.17, 15) is 9.59 Å². The van der Waals surface area contributed by atoms with Crippen LogP contribution in [0.15, 0.2) is 9.32 Å². The zero-order chi connectivity index (χ0) is 20.0. The lowest BCUT2D eigenvalue weighted by Gasteiger charge is -2.21. The van der Waals surface area contributed by atoms with Crippen molar-refractivity contribution < 1.29 is 14.1 Å². The van der Waals surface area contributed by atoms with Crippen molar-refractivity contribution in [3.63, 3.8) is 0 Å². The van der Waals surface area contributed by atoms with Gasteiger partial charge in [-0.15, -0.1) is 11.3 Å². The molecule has 0 aliphatic heterocycles. The molecule has 7 nitrogen and oxygen atoms in total. The molecule has 0 N–H and O–H groups in total. The average molecular weight is 401 g/mol. The minimum atomic E-state index is -0.387. The summed E-state index contributed by atoms with van der Waals surface area (Å²) in [6.07, 6.45) is 2.49. The highest BCUT2D eigenvalue weighted by Crippen LogP contribution is 2.41. The van der Waals surface area contributed by atoms with Crippen LogP contribution in [-0.2, 0) is 22.5 Å². The number of hydrogen-bond donors (Lipinski definition) is 0. The van der Waals surface area contributed by atoms with E-state index in [4.69, 9.17) is 14.2 Å². The number of thiophene rings is 1. The fraction of sp³-hybridized carbons (Fsp3) is 0.500. The Kier molecular flexibility index (Phi) is 4.82. The van der Waals surface area contributed by atoms with E-state index >= 15 is 0 Å². The maximum Gasteiger partial charge on any atom is 0.313 e. The van der Waals surface area contributed by atoms with Crippen LogP contribution in [0.5, 0.6) is 0 Å². The van der Waals surface area contributed by atoms with Crippen molar-refractivity contribution >= 4 is 27.5 Å². The third kappa shape index (κ3) is 2.96. The van der Waals surface area contributed by atoms with Crippen molar-refractivity contribution in [3.8, 4) is 0 Å². The SMILES string of the molecule is CCOC(=O)C1CCCc2sc3nc(C)n(Cc4c(C)noc4C)c(=O)c3c21. The predicted molar refractivity (Wildman–Crippen MR) is 106 cm³/mol. The highest BCUT2D eigenvalue weighted by Gasteiger charge is 2.33. The number of carbonyl (C=O) groups is 1. The number of esters is 1. The maximum atomic E-state index is 13.5. The van der Waals surface area contributed by atoms with Gasteiger partial charge in [0.1, 0.15) is 16.4 Å². The van der Waals surface area contributed by atoms with Gasteiger partial charge in [-0.2, -0.15) is 0 Å². The predicted octanol–water partition coefficient (Wildman–Crippen LogP) is 3.40. The van der Waals surface area contributed by atoms with E-state index in [1.165, 1.54) is 11.3 Å². The van der Waals surface area contributed by atoms with Gasteiger partial charge in [0.2, 0.25) is 0 Å². The van der Waals surface area contributed by atoms with Crippen molar-refractivity contribution in [1.82, 2.24) is 14.7 Å². The van der Waals surface area contributed by atoms with E-state index in [1.54, 1.807) is 11.5 Å². The third-order valence-electron chi connectivity index (χ3n) is 5.43. The van der Waals surface area contributed by atoms with Gasteiger partial charge < -0.3 is 9.26 Å². The van der Waals surface area contributed by atoms with Crippen LogP contribution in [0.4, 0.5) is 0 Å². The first-order chi connectivity index (χ1) is 13.4. The standard InChI is InChI=1S/C20H23N3O4S/c1-5-26-20(25)13-7-6-8-15-16(13)17-18(28-15)21-12(4)23(19(17)24)9-14-10(2)22-27-11(14)3/h13H,5-9H2,1-4H3. The molecule has 1 aliphatic carbocycles. The normalized spacial score (nSPS) is 16.4. The molecular weight excluding hydrogens is 378 g/mol. The molecule has 1 atom stereocenters. The van der Waals surface area contributed by atoms with Crippen LogP contribution in [0.2, 0.25) is 0 Å². The Bertz CT molecular complexity index is 1110. The Morgan fingerprint density at radius 2 is 2.14 bits per heavy atom. The highest BCUT2D eigenvalue weighted by molar-refractivity contribution is 7.18. The fourth-order valence-electron chi connectivity index (χ4n) is 3.97. The molecule has 148 valence electrons. The number of hydrogen-bond acceptors (Lipinski definition) is 7. The van der Waals surface area contributed by atoms with Crippen molar-refractivity contribution in [3.05, 3.63) is 43.6 Å². The lowest BCUT2D eigenvalue weighted by Crippen LogP contribution is -2.27. The van der Waals surface area contributed by atoms with Crippen molar-refractivity contribution in [2.24, 2.45) is 0 Å². The molecule has 1 unspecified atom stereocenters. The summed E-state index contributed by atoms with van der Waals surface area (Å²) in [5.74, 6) is 0.701. The lowest BCUT2D eigenvalue weighted by atomic mass is 9.86. The Morgan fingerprint density at radius 3 is 2.82 bits per heavy atom. The number of carbonyl (C=O) groups excluding carboxylic acids is 1. The van der Waals surface area contributed by atoms with Crippen molar-refractivity contribution in [1.29, 1.82) is 0 Å². The number of fused-ring (bicyclic) bond motifs is 3. The quantitative estimate of drug-likeness (QED) is 0.623. The van der Waals surface area contributed by atoms with Gasteiger partial charge in [0, 0.05) is 10.4 Å². The van der Waals surface area contributed by atoms with Gasteiger partial charge in [0.05, 0.1) is 30.1 Å². The molecule has 1 aliphatic rings. The summed E-state index contributed by atoms with van der Waals surface area (Å²) >= 11 is 1.53. The third-order valence-corrected chi connectivity index (χ3v) is 6.59. The zero-order valence-corrected chi connectivity index (χ0v) is 17.3. The molecule has 0 bridgehead atoms. The summed E-state index contributed by atoms with van der Waals surface area (Å²) in [6, 6.07) is 0. The average Bonchev–Trinajstić information content (AvgIpc) is 3.18. The Balaban J connectivity index is 1.90. The first kappa shape index (κ1) is 18.9. The summed E-state index contributed by atoms with van der Waals surface area (Å²) in [6.45, 7) is 8.02. The summed E-state index contributed by atoms with van der Waals surface area (Å²) in [7, 11) is 0. The minimum Gasteiger partial charge on any atom is -0.466 e. The van der Waals surface area contributed by atoms with Gasteiger partial charge in [-0.1, -0.05) is 5.16 Å². The smallest absolute Gasteiger partial charge is 0.313 e. The lowest BCUT2D eigenvalue weighted by molar-refractivity contribution is -0.145. The molecular formula is C20H23N3O4S. The molecule has 8 heteroatoms. The van der Waals surface area contributed by atoms with Crippen molar-refractivity contribution in [2.45, 2.75) is 59.4 Å². The van der Waals surface area contributed by atoms with Crippen LogP contribution in [0, 0.1) is 20.8 Å². The molecule has 0 saturated carbocycles. The van der Waals surface area contributed by atoms with E-state index in [0.717, 1.165) is 34.5 Å². The number of nitrogens with zero attached hydrogens (tertiary/aromatic N) is 3. The molecule has 4 rings (SSSR count). The van der Waals surface area contributed by atoms with Crippen LogP contribution in [0.3, 0.4) is 0 Å². The number of aryl methyl sites for hydroxylation is 4. The largest absolute Gasteiger partial charge is 0.466 e. The van der Waals surface area contributed by atoms with Crippen LogP contribution in [0.25, 0.3) is 10.2 Å². The van der Waals surface area contributed by atoms with Crippen molar-refractivity contribution in [2.75, 3.05) is 6.61 Å². The summed E-state index contributed by atoms with van der Waals surface area (Å²) < 4.78 is 12.2. The molecule has 28 heavy (non-hydrogen) atoms. The fourth-order valence-corrected chi connectivity index (χ4v) is 5.28. The van der Waals surface area contributed by atoms with Gasteiger partial charge in [0.25, 0.3) is 5.56 Å². The number of aromatic nitrogens is 3. The van der Waals surface area contributed by atoms with Crippen LogP contribution < -0.4 is 5.56 Å². The van der Waals surface area contributed by atoms with E-state index in [0.29, 0.717) is 41.4 Å². The monoisotopic (exact) mass is 401 g/mol. The topological polar surface area (TPSA) is 87.2 Å². The first-order valence-electron chi connectivity index (χ1n) is 9.53.